The smallest absolute Gasteiger partial charge is 0.141 e. The third-order valence-corrected chi connectivity index (χ3v) is 2.93. The number of methoxy groups -OCH3 is 1. The number of hydrogen-bond acceptors (Lipinski definition) is 3. The lowest BCUT2D eigenvalue weighted by Crippen LogP contribution is -2.09. The van der Waals surface area contributed by atoms with Gasteiger partial charge in [0.15, 0.2) is 0 Å². The summed E-state index contributed by atoms with van der Waals surface area (Å²) in [5, 5.41) is 12.4. The van der Waals surface area contributed by atoms with Gasteiger partial charge in [-0.15, -0.1) is 0 Å². The first-order valence-electron chi connectivity index (χ1n) is 6.00. The van der Waals surface area contributed by atoms with Crippen LogP contribution in [0.25, 0.3) is 0 Å². The SMILES string of the molecule is COc1ccccc1NC(C)c1ccc(O)cc1F. The molecule has 0 bridgehead atoms. The fourth-order valence-electron chi connectivity index (χ4n) is 1.94. The minimum atomic E-state index is -0.435. The van der Waals surface area contributed by atoms with Gasteiger partial charge in [-0.25, -0.2) is 4.39 Å². The summed E-state index contributed by atoms with van der Waals surface area (Å²) in [7, 11) is 1.59. The highest BCUT2D eigenvalue weighted by Crippen LogP contribution is 2.29. The van der Waals surface area contributed by atoms with Crippen LogP contribution in [-0.2, 0) is 0 Å². The van der Waals surface area contributed by atoms with Crippen molar-refractivity contribution in [3.8, 4) is 11.5 Å². The number of nitrogens with one attached hydrogen (secondary N) is 1. The molecule has 0 amide bonds. The summed E-state index contributed by atoms with van der Waals surface area (Å²) < 4.78 is 19.0. The van der Waals surface area contributed by atoms with Crippen molar-refractivity contribution < 1.29 is 14.2 Å². The van der Waals surface area contributed by atoms with E-state index in [0.717, 1.165) is 11.8 Å². The zero-order valence-electron chi connectivity index (χ0n) is 10.9. The van der Waals surface area contributed by atoms with Crippen LogP contribution in [0.4, 0.5) is 10.1 Å². The number of aromatic hydroxyl groups is 1. The molecule has 0 fully saturated rings. The average Bonchev–Trinajstić information content (AvgIpc) is 2.39. The van der Waals surface area contributed by atoms with E-state index in [0.29, 0.717) is 11.3 Å². The Hall–Kier alpha value is -2.23. The number of phenolic OH excluding ortho intramolecular Hbond substituents is 1. The van der Waals surface area contributed by atoms with Crippen LogP contribution >= 0.6 is 0 Å². The molecule has 0 radical (unpaired) electrons. The molecule has 0 aliphatic heterocycles. The maximum absolute atomic E-state index is 13.8. The molecule has 0 saturated heterocycles. The van der Waals surface area contributed by atoms with Crippen LogP contribution in [-0.4, -0.2) is 12.2 Å². The van der Waals surface area contributed by atoms with Crippen LogP contribution in [0.3, 0.4) is 0 Å². The van der Waals surface area contributed by atoms with Gasteiger partial charge in [0.05, 0.1) is 18.8 Å². The van der Waals surface area contributed by atoms with Crippen molar-refractivity contribution in [2.75, 3.05) is 12.4 Å². The lowest BCUT2D eigenvalue weighted by Gasteiger charge is -2.18. The van der Waals surface area contributed by atoms with Crippen molar-refractivity contribution in [3.63, 3.8) is 0 Å². The van der Waals surface area contributed by atoms with Gasteiger partial charge in [0.25, 0.3) is 0 Å². The molecule has 0 aliphatic carbocycles. The third kappa shape index (κ3) is 2.96. The first-order valence-corrected chi connectivity index (χ1v) is 6.00. The average molecular weight is 261 g/mol. The molecule has 3 nitrogen and oxygen atoms in total. The van der Waals surface area contributed by atoms with Crippen LogP contribution in [0.2, 0.25) is 0 Å². The van der Waals surface area contributed by atoms with Gasteiger partial charge in [0, 0.05) is 11.6 Å². The van der Waals surface area contributed by atoms with Crippen molar-refractivity contribution in [1.29, 1.82) is 0 Å². The molecule has 0 aromatic heterocycles. The number of para-hydroxylation sites is 2. The Labute approximate surface area is 111 Å². The summed E-state index contributed by atoms with van der Waals surface area (Å²) in [5.74, 6) is 0.189. The molecule has 19 heavy (non-hydrogen) atoms. The Bertz CT molecular complexity index is 572. The van der Waals surface area contributed by atoms with Crippen LogP contribution < -0.4 is 10.1 Å². The summed E-state index contributed by atoms with van der Waals surface area (Å²) in [6, 6.07) is 11.4. The van der Waals surface area contributed by atoms with E-state index in [1.54, 1.807) is 13.2 Å². The summed E-state index contributed by atoms with van der Waals surface area (Å²) in [5.41, 5.74) is 1.29. The summed E-state index contributed by atoms with van der Waals surface area (Å²) in [6.45, 7) is 1.85. The Morgan fingerprint density at radius 1 is 1.21 bits per heavy atom. The van der Waals surface area contributed by atoms with E-state index >= 15 is 0 Å². The standard InChI is InChI=1S/C15H16FNO2/c1-10(12-8-7-11(18)9-13(12)16)17-14-5-3-4-6-15(14)19-2/h3-10,17-18H,1-2H3. The van der Waals surface area contributed by atoms with Gasteiger partial charge in [-0.05, 0) is 25.1 Å². The summed E-state index contributed by atoms with van der Waals surface area (Å²) in [4.78, 5) is 0. The molecule has 0 heterocycles. The van der Waals surface area contributed by atoms with Crippen molar-refractivity contribution >= 4 is 5.69 Å². The molecular formula is C15H16FNO2. The Kier molecular flexibility index (Phi) is 3.90. The predicted molar refractivity (Wildman–Crippen MR) is 73.1 cm³/mol. The maximum atomic E-state index is 13.8. The fourth-order valence-corrected chi connectivity index (χ4v) is 1.94. The van der Waals surface area contributed by atoms with Crippen LogP contribution in [0.5, 0.6) is 11.5 Å². The minimum Gasteiger partial charge on any atom is -0.508 e. The predicted octanol–water partition coefficient (Wildman–Crippen LogP) is 3.71. The highest BCUT2D eigenvalue weighted by molar-refractivity contribution is 5.57. The number of benzene rings is 2. The van der Waals surface area contributed by atoms with Crippen molar-refractivity contribution in [3.05, 3.63) is 53.8 Å². The van der Waals surface area contributed by atoms with Crippen molar-refractivity contribution in [2.24, 2.45) is 0 Å². The maximum Gasteiger partial charge on any atom is 0.141 e. The monoisotopic (exact) mass is 261 g/mol. The lowest BCUT2D eigenvalue weighted by atomic mass is 10.1. The second-order valence-electron chi connectivity index (χ2n) is 4.27. The van der Waals surface area contributed by atoms with Crippen LogP contribution in [0.15, 0.2) is 42.5 Å². The topological polar surface area (TPSA) is 41.5 Å². The van der Waals surface area contributed by atoms with Crippen molar-refractivity contribution in [1.82, 2.24) is 0 Å². The number of phenols is 1. The van der Waals surface area contributed by atoms with Crippen LogP contribution in [0, 0.1) is 5.82 Å². The van der Waals surface area contributed by atoms with Gasteiger partial charge < -0.3 is 15.2 Å². The van der Waals surface area contributed by atoms with Gasteiger partial charge in [-0.2, -0.15) is 0 Å². The minimum absolute atomic E-state index is 0.0780. The zero-order chi connectivity index (χ0) is 13.8. The first kappa shape index (κ1) is 13.2. The molecule has 2 rings (SSSR count). The van der Waals surface area contributed by atoms with E-state index in [1.165, 1.54) is 6.07 Å². The van der Waals surface area contributed by atoms with E-state index in [2.05, 4.69) is 5.32 Å². The molecule has 1 unspecified atom stereocenters. The number of halogens is 1. The lowest BCUT2D eigenvalue weighted by molar-refractivity contribution is 0.416. The van der Waals surface area contributed by atoms with E-state index in [1.807, 2.05) is 31.2 Å². The van der Waals surface area contributed by atoms with Gasteiger partial charge in [-0.1, -0.05) is 18.2 Å². The largest absolute Gasteiger partial charge is 0.508 e. The summed E-state index contributed by atoms with van der Waals surface area (Å²) >= 11 is 0. The molecular weight excluding hydrogens is 245 g/mol. The van der Waals surface area contributed by atoms with Gasteiger partial charge in [0.1, 0.15) is 17.3 Å². The molecule has 1 atom stereocenters. The summed E-state index contributed by atoms with van der Waals surface area (Å²) in [6.07, 6.45) is 0. The second-order valence-corrected chi connectivity index (χ2v) is 4.27. The quantitative estimate of drug-likeness (QED) is 0.881. The Morgan fingerprint density at radius 2 is 1.95 bits per heavy atom. The van der Waals surface area contributed by atoms with Gasteiger partial charge in [-0.3, -0.25) is 0 Å². The third-order valence-electron chi connectivity index (χ3n) is 2.93. The Balaban J connectivity index is 2.23. The first-order chi connectivity index (χ1) is 9.11. The molecule has 2 N–H and O–H groups in total. The van der Waals surface area contributed by atoms with Crippen molar-refractivity contribution in [2.45, 2.75) is 13.0 Å². The van der Waals surface area contributed by atoms with Gasteiger partial charge in [0.2, 0.25) is 0 Å². The molecule has 100 valence electrons. The van der Waals surface area contributed by atoms with E-state index < -0.39 is 5.82 Å². The second kappa shape index (κ2) is 5.61. The highest BCUT2D eigenvalue weighted by atomic mass is 19.1. The van der Waals surface area contributed by atoms with E-state index in [4.69, 9.17) is 4.74 Å². The normalized spacial score (nSPS) is 11.9. The zero-order valence-corrected chi connectivity index (χ0v) is 10.9. The number of anilines is 1. The Morgan fingerprint density at radius 3 is 2.63 bits per heavy atom. The van der Waals surface area contributed by atoms with E-state index in [9.17, 15) is 9.50 Å². The molecule has 2 aromatic carbocycles. The molecule has 0 saturated carbocycles. The molecule has 4 heteroatoms. The molecule has 0 spiro atoms. The number of ether oxygens (including phenoxy) is 1. The molecule has 2 aromatic rings. The van der Waals surface area contributed by atoms with Crippen LogP contribution in [0.1, 0.15) is 18.5 Å². The number of rotatable bonds is 4. The molecule has 0 aliphatic rings. The number of hydrogen-bond donors (Lipinski definition) is 2. The fraction of sp³-hybridized carbons (Fsp3) is 0.200. The van der Waals surface area contributed by atoms with E-state index in [-0.39, 0.29) is 11.8 Å². The van der Waals surface area contributed by atoms with Gasteiger partial charge >= 0.3 is 0 Å². The highest BCUT2D eigenvalue weighted by Gasteiger charge is 2.13.